The van der Waals surface area contributed by atoms with Crippen LogP contribution in [0.4, 0.5) is 0 Å². The number of hydrogen-bond acceptors (Lipinski definition) is 4. The van der Waals surface area contributed by atoms with Gasteiger partial charge in [0, 0.05) is 12.0 Å². The summed E-state index contributed by atoms with van der Waals surface area (Å²) in [5.74, 6) is 0.347. The minimum atomic E-state index is -0.329. The van der Waals surface area contributed by atoms with E-state index in [0.717, 1.165) is 25.7 Å². The van der Waals surface area contributed by atoms with Gasteiger partial charge in [0.25, 0.3) is 0 Å². The Kier molecular flexibility index (Phi) is 6.99. The van der Waals surface area contributed by atoms with Crippen molar-refractivity contribution in [1.29, 1.82) is 0 Å². The van der Waals surface area contributed by atoms with E-state index in [0.29, 0.717) is 19.1 Å². The first kappa shape index (κ1) is 17.0. The van der Waals surface area contributed by atoms with Crippen molar-refractivity contribution in [2.75, 3.05) is 19.7 Å². The number of carbonyl (C=O) groups excluding carboxylic acids is 2. The lowest BCUT2D eigenvalue weighted by Gasteiger charge is -2.33. The number of amides is 1. The van der Waals surface area contributed by atoms with E-state index in [1.807, 2.05) is 13.8 Å². The Morgan fingerprint density at radius 1 is 1.25 bits per heavy atom. The molecule has 0 radical (unpaired) electrons. The predicted octanol–water partition coefficient (Wildman–Crippen LogP) is 1.55. The summed E-state index contributed by atoms with van der Waals surface area (Å²) in [5.41, 5.74) is 5.68. The van der Waals surface area contributed by atoms with Crippen molar-refractivity contribution in [3.63, 3.8) is 0 Å². The highest BCUT2D eigenvalue weighted by Gasteiger charge is 2.31. The van der Waals surface area contributed by atoms with Crippen molar-refractivity contribution in [3.8, 4) is 0 Å². The topological polar surface area (TPSA) is 72.6 Å². The first-order valence-electron chi connectivity index (χ1n) is 7.65. The molecule has 0 aromatic rings. The van der Waals surface area contributed by atoms with Crippen molar-refractivity contribution < 1.29 is 14.3 Å². The molecule has 1 aliphatic rings. The van der Waals surface area contributed by atoms with Crippen LogP contribution in [0, 0.1) is 11.8 Å². The van der Waals surface area contributed by atoms with E-state index in [2.05, 4.69) is 0 Å². The van der Waals surface area contributed by atoms with Gasteiger partial charge in [-0.25, -0.2) is 0 Å². The molecule has 5 heteroatoms. The number of esters is 1. The maximum atomic E-state index is 12.6. The molecular formula is C15H28N2O3. The average Bonchev–Trinajstić information content (AvgIpc) is 2.44. The van der Waals surface area contributed by atoms with Crippen LogP contribution in [0.1, 0.15) is 46.5 Å². The van der Waals surface area contributed by atoms with Gasteiger partial charge in [-0.15, -0.1) is 0 Å². The SMILES string of the molecule is CCOC(=O)CN(C(=O)C1CCC(CN)CC1)C(C)C. The summed E-state index contributed by atoms with van der Waals surface area (Å²) in [6, 6.07) is 0.0131. The molecule has 0 spiro atoms. The molecule has 0 aliphatic heterocycles. The molecule has 1 fully saturated rings. The van der Waals surface area contributed by atoms with Crippen molar-refractivity contribution in [1.82, 2.24) is 4.90 Å². The number of rotatable bonds is 6. The molecular weight excluding hydrogens is 256 g/mol. The van der Waals surface area contributed by atoms with E-state index in [9.17, 15) is 9.59 Å². The second-order valence-corrected chi connectivity index (χ2v) is 5.82. The van der Waals surface area contributed by atoms with Gasteiger partial charge < -0.3 is 15.4 Å². The summed E-state index contributed by atoms with van der Waals surface area (Å²) in [7, 11) is 0. The Morgan fingerprint density at radius 2 is 1.85 bits per heavy atom. The van der Waals surface area contributed by atoms with E-state index >= 15 is 0 Å². The quantitative estimate of drug-likeness (QED) is 0.751. The van der Waals surface area contributed by atoms with Gasteiger partial charge in [-0.3, -0.25) is 9.59 Å². The summed E-state index contributed by atoms with van der Waals surface area (Å²) in [5, 5.41) is 0. The van der Waals surface area contributed by atoms with Crippen LogP contribution in [0.25, 0.3) is 0 Å². The summed E-state index contributed by atoms with van der Waals surface area (Å²) < 4.78 is 4.95. The minimum Gasteiger partial charge on any atom is -0.465 e. The second-order valence-electron chi connectivity index (χ2n) is 5.82. The highest BCUT2D eigenvalue weighted by molar-refractivity contribution is 5.84. The molecule has 0 saturated heterocycles. The fourth-order valence-electron chi connectivity index (χ4n) is 2.74. The minimum absolute atomic E-state index is 0.0131. The molecule has 0 unspecified atom stereocenters. The highest BCUT2D eigenvalue weighted by atomic mass is 16.5. The Balaban J connectivity index is 2.58. The third-order valence-corrected chi connectivity index (χ3v) is 4.04. The molecule has 1 rings (SSSR count). The smallest absolute Gasteiger partial charge is 0.325 e. The lowest BCUT2D eigenvalue weighted by molar-refractivity contribution is -0.152. The number of carbonyl (C=O) groups is 2. The zero-order valence-corrected chi connectivity index (χ0v) is 12.9. The van der Waals surface area contributed by atoms with Gasteiger partial charge in [-0.2, -0.15) is 0 Å². The van der Waals surface area contributed by atoms with Gasteiger partial charge in [-0.05, 0) is 58.9 Å². The van der Waals surface area contributed by atoms with E-state index < -0.39 is 0 Å². The molecule has 2 N–H and O–H groups in total. The standard InChI is InChI=1S/C15H28N2O3/c1-4-20-14(18)10-17(11(2)3)15(19)13-7-5-12(9-16)6-8-13/h11-13H,4-10,16H2,1-3H3. The second kappa shape index (κ2) is 8.25. The Labute approximate surface area is 121 Å². The zero-order valence-electron chi connectivity index (χ0n) is 12.9. The molecule has 1 saturated carbocycles. The van der Waals surface area contributed by atoms with Gasteiger partial charge in [0.15, 0.2) is 0 Å². The fourth-order valence-corrected chi connectivity index (χ4v) is 2.74. The van der Waals surface area contributed by atoms with Crippen molar-refractivity contribution in [3.05, 3.63) is 0 Å². The third-order valence-electron chi connectivity index (χ3n) is 4.04. The Morgan fingerprint density at radius 3 is 2.30 bits per heavy atom. The van der Waals surface area contributed by atoms with Gasteiger partial charge in [-0.1, -0.05) is 0 Å². The van der Waals surface area contributed by atoms with Gasteiger partial charge in [0.2, 0.25) is 5.91 Å². The van der Waals surface area contributed by atoms with Gasteiger partial charge >= 0.3 is 5.97 Å². The largest absolute Gasteiger partial charge is 0.465 e. The molecule has 1 amide bonds. The van der Waals surface area contributed by atoms with Crippen LogP contribution in [-0.2, 0) is 14.3 Å². The Hall–Kier alpha value is -1.10. The van der Waals surface area contributed by atoms with Crippen LogP contribution < -0.4 is 5.73 Å². The molecule has 0 aromatic heterocycles. The molecule has 20 heavy (non-hydrogen) atoms. The third kappa shape index (κ3) is 4.78. The lowest BCUT2D eigenvalue weighted by Crippen LogP contribution is -2.45. The highest BCUT2D eigenvalue weighted by Crippen LogP contribution is 2.29. The number of nitrogens with two attached hydrogens (primary N) is 1. The molecule has 0 aromatic carbocycles. The molecule has 1 aliphatic carbocycles. The molecule has 0 atom stereocenters. The van der Waals surface area contributed by atoms with Crippen molar-refractivity contribution in [2.45, 2.75) is 52.5 Å². The summed E-state index contributed by atoms with van der Waals surface area (Å²) in [6.07, 6.45) is 3.79. The summed E-state index contributed by atoms with van der Waals surface area (Å²) >= 11 is 0. The monoisotopic (exact) mass is 284 g/mol. The fraction of sp³-hybridized carbons (Fsp3) is 0.867. The van der Waals surface area contributed by atoms with Crippen molar-refractivity contribution in [2.24, 2.45) is 17.6 Å². The van der Waals surface area contributed by atoms with Crippen LogP contribution in [0.3, 0.4) is 0 Å². The van der Waals surface area contributed by atoms with Crippen LogP contribution in [0.15, 0.2) is 0 Å². The lowest BCUT2D eigenvalue weighted by atomic mass is 9.81. The summed E-state index contributed by atoms with van der Waals surface area (Å²) in [4.78, 5) is 25.8. The number of ether oxygens (including phenoxy) is 1. The van der Waals surface area contributed by atoms with Crippen LogP contribution >= 0.6 is 0 Å². The normalized spacial score (nSPS) is 22.6. The van der Waals surface area contributed by atoms with Crippen LogP contribution in [0.2, 0.25) is 0 Å². The van der Waals surface area contributed by atoms with Crippen LogP contribution in [0.5, 0.6) is 0 Å². The maximum Gasteiger partial charge on any atom is 0.325 e. The molecule has 5 nitrogen and oxygen atoms in total. The maximum absolute atomic E-state index is 12.6. The number of nitrogens with zero attached hydrogens (tertiary/aromatic N) is 1. The number of hydrogen-bond donors (Lipinski definition) is 1. The van der Waals surface area contributed by atoms with Crippen LogP contribution in [-0.4, -0.2) is 42.5 Å². The average molecular weight is 284 g/mol. The molecule has 0 heterocycles. The molecule has 116 valence electrons. The van der Waals surface area contributed by atoms with E-state index in [-0.39, 0.29) is 30.4 Å². The first-order valence-corrected chi connectivity index (χ1v) is 7.65. The van der Waals surface area contributed by atoms with Gasteiger partial charge in [0.1, 0.15) is 6.54 Å². The zero-order chi connectivity index (χ0) is 15.1. The summed E-state index contributed by atoms with van der Waals surface area (Å²) in [6.45, 7) is 6.75. The van der Waals surface area contributed by atoms with E-state index in [1.54, 1.807) is 11.8 Å². The Bertz CT molecular complexity index is 323. The first-order chi connectivity index (χ1) is 9.49. The van der Waals surface area contributed by atoms with E-state index in [1.165, 1.54) is 0 Å². The molecule has 0 bridgehead atoms. The van der Waals surface area contributed by atoms with Crippen molar-refractivity contribution >= 4 is 11.9 Å². The van der Waals surface area contributed by atoms with E-state index in [4.69, 9.17) is 10.5 Å². The van der Waals surface area contributed by atoms with Gasteiger partial charge in [0.05, 0.1) is 6.61 Å². The predicted molar refractivity (Wildman–Crippen MR) is 78.0 cm³/mol.